The molecule has 0 aliphatic heterocycles. The Kier molecular flexibility index (Phi) is 6.31. The van der Waals surface area contributed by atoms with Crippen molar-refractivity contribution >= 4 is 23.4 Å². The molecule has 0 saturated carbocycles. The maximum absolute atomic E-state index is 12.4. The number of aromatic nitrogens is 3. The second-order valence-corrected chi connectivity index (χ2v) is 6.95. The fourth-order valence-electron chi connectivity index (χ4n) is 2.57. The number of ether oxygens (including phenoxy) is 1. The first-order chi connectivity index (χ1) is 13.1. The minimum Gasteiger partial charge on any atom is -0.461 e. The molecule has 3 rings (SSSR count). The number of amides is 1. The Bertz CT molecular complexity index is 906. The number of rotatable bonds is 8. The van der Waals surface area contributed by atoms with Crippen molar-refractivity contribution in [1.82, 2.24) is 14.8 Å². The highest BCUT2D eigenvalue weighted by atomic mass is 32.2. The SMILES string of the molecule is COCCn1c(SCC(=O)Nc2cccc(C)c2C)nnc1-c1ccco1. The summed E-state index contributed by atoms with van der Waals surface area (Å²) < 4.78 is 12.5. The van der Waals surface area contributed by atoms with Gasteiger partial charge in [0, 0.05) is 12.8 Å². The molecular weight excluding hydrogens is 364 g/mol. The molecule has 2 aromatic heterocycles. The van der Waals surface area contributed by atoms with Crippen molar-refractivity contribution in [3.8, 4) is 11.6 Å². The lowest BCUT2D eigenvalue weighted by Gasteiger charge is -2.11. The van der Waals surface area contributed by atoms with Gasteiger partial charge in [0.1, 0.15) is 0 Å². The van der Waals surface area contributed by atoms with Gasteiger partial charge in [-0.1, -0.05) is 23.9 Å². The third kappa shape index (κ3) is 4.58. The second-order valence-electron chi connectivity index (χ2n) is 6.01. The first kappa shape index (κ1) is 19.2. The molecule has 0 fully saturated rings. The number of anilines is 1. The van der Waals surface area contributed by atoms with Crippen molar-refractivity contribution in [3.05, 3.63) is 47.7 Å². The number of thioether (sulfide) groups is 1. The van der Waals surface area contributed by atoms with E-state index in [9.17, 15) is 4.79 Å². The Morgan fingerprint density at radius 2 is 2.11 bits per heavy atom. The van der Waals surface area contributed by atoms with Crippen LogP contribution in [0.3, 0.4) is 0 Å². The number of nitrogens with zero attached hydrogens (tertiary/aromatic N) is 3. The van der Waals surface area contributed by atoms with Gasteiger partial charge in [0.15, 0.2) is 10.9 Å². The molecule has 1 amide bonds. The second kappa shape index (κ2) is 8.88. The number of nitrogens with one attached hydrogen (secondary N) is 1. The summed E-state index contributed by atoms with van der Waals surface area (Å²) in [6.07, 6.45) is 1.59. The summed E-state index contributed by atoms with van der Waals surface area (Å²) in [4.78, 5) is 12.4. The zero-order valence-corrected chi connectivity index (χ0v) is 16.4. The zero-order chi connectivity index (χ0) is 19.2. The minimum absolute atomic E-state index is 0.0884. The third-order valence-corrected chi connectivity index (χ3v) is 5.16. The maximum Gasteiger partial charge on any atom is 0.234 e. The number of aryl methyl sites for hydroxylation is 1. The first-order valence-corrected chi connectivity index (χ1v) is 9.53. The molecule has 27 heavy (non-hydrogen) atoms. The summed E-state index contributed by atoms with van der Waals surface area (Å²) in [5.74, 6) is 1.39. The van der Waals surface area contributed by atoms with Gasteiger partial charge in [0.2, 0.25) is 11.7 Å². The average molecular weight is 386 g/mol. The Hall–Kier alpha value is -2.58. The van der Waals surface area contributed by atoms with E-state index >= 15 is 0 Å². The smallest absolute Gasteiger partial charge is 0.234 e. The Morgan fingerprint density at radius 3 is 2.85 bits per heavy atom. The van der Waals surface area contributed by atoms with Gasteiger partial charge in [0.05, 0.1) is 25.2 Å². The average Bonchev–Trinajstić information content (AvgIpc) is 3.31. The van der Waals surface area contributed by atoms with E-state index in [4.69, 9.17) is 9.15 Å². The monoisotopic (exact) mass is 386 g/mol. The Balaban J connectivity index is 1.70. The molecule has 3 aromatic rings. The normalized spacial score (nSPS) is 10.9. The van der Waals surface area contributed by atoms with Crippen molar-refractivity contribution in [2.45, 2.75) is 25.5 Å². The number of methoxy groups -OCH3 is 1. The molecule has 0 aliphatic rings. The topological polar surface area (TPSA) is 82.2 Å². The highest BCUT2D eigenvalue weighted by Crippen LogP contribution is 2.25. The van der Waals surface area contributed by atoms with Crippen LogP contribution < -0.4 is 5.32 Å². The molecule has 0 bridgehead atoms. The molecule has 0 saturated heterocycles. The van der Waals surface area contributed by atoms with Crippen molar-refractivity contribution in [2.24, 2.45) is 0 Å². The number of benzene rings is 1. The maximum atomic E-state index is 12.4. The summed E-state index contributed by atoms with van der Waals surface area (Å²) in [5, 5.41) is 12.0. The third-order valence-electron chi connectivity index (χ3n) is 4.19. The summed E-state index contributed by atoms with van der Waals surface area (Å²) in [7, 11) is 1.64. The zero-order valence-electron chi connectivity index (χ0n) is 15.6. The van der Waals surface area contributed by atoms with Crippen LogP contribution in [-0.4, -0.2) is 40.1 Å². The quantitative estimate of drug-likeness (QED) is 0.597. The summed E-state index contributed by atoms with van der Waals surface area (Å²) >= 11 is 1.33. The van der Waals surface area contributed by atoms with Crippen molar-refractivity contribution in [3.63, 3.8) is 0 Å². The number of hydrogen-bond acceptors (Lipinski definition) is 6. The van der Waals surface area contributed by atoms with Crippen LogP contribution in [0.25, 0.3) is 11.6 Å². The minimum atomic E-state index is -0.0884. The number of hydrogen-bond donors (Lipinski definition) is 1. The van der Waals surface area contributed by atoms with Gasteiger partial charge in [-0.05, 0) is 43.2 Å². The molecule has 2 heterocycles. The van der Waals surface area contributed by atoms with Crippen LogP contribution in [0.2, 0.25) is 0 Å². The molecule has 0 unspecified atom stereocenters. The van der Waals surface area contributed by atoms with E-state index in [1.807, 2.05) is 42.7 Å². The molecule has 1 aromatic carbocycles. The molecule has 142 valence electrons. The molecule has 0 atom stereocenters. The van der Waals surface area contributed by atoms with Crippen molar-refractivity contribution in [1.29, 1.82) is 0 Å². The fourth-order valence-corrected chi connectivity index (χ4v) is 3.34. The van der Waals surface area contributed by atoms with Crippen LogP contribution in [0.1, 0.15) is 11.1 Å². The molecular formula is C19H22N4O3S. The molecule has 7 nitrogen and oxygen atoms in total. The van der Waals surface area contributed by atoms with E-state index in [1.54, 1.807) is 19.4 Å². The lowest BCUT2D eigenvalue weighted by atomic mass is 10.1. The standard InChI is InChI=1S/C19H22N4O3S/c1-13-6-4-7-15(14(13)2)20-17(24)12-27-19-22-21-18(16-8-5-10-26-16)23(19)9-11-25-3/h4-8,10H,9,11-12H2,1-3H3,(H,20,24). The van der Waals surface area contributed by atoms with Crippen LogP contribution in [0.15, 0.2) is 46.2 Å². The van der Waals surface area contributed by atoms with E-state index < -0.39 is 0 Å². The van der Waals surface area contributed by atoms with Gasteiger partial charge in [0.25, 0.3) is 0 Å². The summed E-state index contributed by atoms with van der Waals surface area (Å²) in [6, 6.07) is 9.49. The van der Waals surface area contributed by atoms with Gasteiger partial charge in [-0.3, -0.25) is 9.36 Å². The number of carbonyl (C=O) groups excluding carboxylic acids is 1. The van der Waals surface area contributed by atoms with E-state index in [0.29, 0.717) is 29.9 Å². The number of furan rings is 1. The Labute approximate surface area is 162 Å². The Morgan fingerprint density at radius 1 is 1.26 bits per heavy atom. The molecule has 0 aliphatic carbocycles. The van der Waals surface area contributed by atoms with E-state index in [2.05, 4.69) is 15.5 Å². The molecule has 1 N–H and O–H groups in total. The van der Waals surface area contributed by atoms with E-state index in [1.165, 1.54) is 11.8 Å². The lowest BCUT2D eigenvalue weighted by Crippen LogP contribution is -2.16. The highest BCUT2D eigenvalue weighted by molar-refractivity contribution is 7.99. The van der Waals surface area contributed by atoms with Gasteiger partial charge < -0.3 is 14.5 Å². The highest BCUT2D eigenvalue weighted by Gasteiger charge is 2.17. The van der Waals surface area contributed by atoms with Crippen LogP contribution in [0.4, 0.5) is 5.69 Å². The van der Waals surface area contributed by atoms with Crippen molar-refractivity contribution < 1.29 is 13.9 Å². The lowest BCUT2D eigenvalue weighted by molar-refractivity contribution is -0.113. The fraction of sp³-hybridized carbons (Fsp3) is 0.316. The van der Waals surface area contributed by atoms with Gasteiger partial charge in [-0.2, -0.15) is 0 Å². The van der Waals surface area contributed by atoms with Gasteiger partial charge in [-0.25, -0.2) is 0 Å². The van der Waals surface area contributed by atoms with E-state index in [-0.39, 0.29) is 11.7 Å². The molecule has 8 heteroatoms. The predicted octanol–water partition coefficient (Wildman–Crippen LogP) is 3.53. The summed E-state index contributed by atoms with van der Waals surface area (Å²) in [6.45, 7) is 5.09. The van der Waals surface area contributed by atoms with Crippen LogP contribution in [0.5, 0.6) is 0 Å². The number of carbonyl (C=O) groups is 1. The molecule has 0 radical (unpaired) electrons. The van der Waals surface area contributed by atoms with Crippen LogP contribution >= 0.6 is 11.8 Å². The van der Waals surface area contributed by atoms with Crippen LogP contribution in [-0.2, 0) is 16.1 Å². The first-order valence-electron chi connectivity index (χ1n) is 8.55. The predicted molar refractivity (Wildman–Crippen MR) is 105 cm³/mol. The van der Waals surface area contributed by atoms with Gasteiger partial charge >= 0.3 is 0 Å². The van der Waals surface area contributed by atoms with E-state index in [0.717, 1.165) is 16.8 Å². The largest absolute Gasteiger partial charge is 0.461 e. The molecule has 0 spiro atoms. The van der Waals surface area contributed by atoms with Crippen molar-refractivity contribution in [2.75, 3.05) is 24.8 Å². The van der Waals surface area contributed by atoms with Gasteiger partial charge in [-0.15, -0.1) is 10.2 Å². The summed E-state index contributed by atoms with van der Waals surface area (Å²) in [5.41, 5.74) is 3.04. The van der Waals surface area contributed by atoms with Crippen LogP contribution in [0, 0.1) is 13.8 Å².